The Morgan fingerprint density at radius 1 is 0.274 bits per heavy atom. The van der Waals surface area contributed by atoms with Gasteiger partial charge >= 0.3 is 39.5 Å². The quantitative estimate of drug-likeness (QED) is 0.0169. The summed E-state index contributed by atoms with van der Waals surface area (Å²) in [5, 5.41) is 10.6. The molecule has 0 aliphatic heterocycles. The second-order valence-corrected chi connectivity index (χ2v) is 28.8. The number of phosphoric ester groups is 2. The standard InChI is InChI=1S/C87H140O17P2/c1-5-9-13-17-21-25-29-33-36-38-40-42-45-48-51-55-59-63-67-71-84(89)97-77-82(103-86(91)73-69-65-61-57-53-47-32-28-24-20-16-12-8-4)79-101-105(93,94)99-75-81(88)76-100-106(95,96)102-80-83(104-87(92)74-70-66-62-58-54-50-44-35-31-27-23-19-15-11-7-3)78-98-85(90)72-68-64-60-56-52-49-46-43-41-39-37-34-30-26-22-18-14-10-6-2/h9-11,13-15,21-23,25-27,33-37,40-44,48-49,51-52,59-60,63-64,81-83,88H,5-8,12,16-20,24,28-32,38-39,45-47,50,53-58,61-62,65-80H2,1-4H3,(H,93,94)(H,95,96)/b13-9-,14-10-,15-11-,25-21-,26-22-,27-23-,36-33-,37-34-,42-40-,43-41-,44-35-,51-48-,52-49-,63-59-,64-60-. The van der Waals surface area contributed by atoms with Gasteiger partial charge in [-0.05, 0) is 135 Å². The van der Waals surface area contributed by atoms with Crippen molar-refractivity contribution in [3.63, 3.8) is 0 Å². The average Bonchev–Trinajstić information content (AvgIpc) is 0.933. The highest BCUT2D eigenvalue weighted by atomic mass is 31.2. The highest BCUT2D eigenvalue weighted by Crippen LogP contribution is 2.45. The number of hydrogen-bond donors (Lipinski definition) is 3. The maximum Gasteiger partial charge on any atom is 0.472 e. The van der Waals surface area contributed by atoms with E-state index in [1.165, 1.54) is 51.4 Å². The molecule has 0 aliphatic rings. The Morgan fingerprint density at radius 2 is 0.509 bits per heavy atom. The van der Waals surface area contributed by atoms with Crippen LogP contribution in [-0.4, -0.2) is 96.7 Å². The van der Waals surface area contributed by atoms with Crippen LogP contribution in [0.2, 0.25) is 0 Å². The lowest BCUT2D eigenvalue weighted by Gasteiger charge is -2.21. The van der Waals surface area contributed by atoms with Gasteiger partial charge in [0.1, 0.15) is 19.3 Å². The van der Waals surface area contributed by atoms with Gasteiger partial charge in [0.2, 0.25) is 0 Å². The van der Waals surface area contributed by atoms with Crippen molar-refractivity contribution in [2.24, 2.45) is 0 Å². The Bertz CT molecular complexity index is 2730. The molecule has 0 aliphatic carbocycles. The predicted octanol–water partition coefficient (Wildman–Crippen LogP) is 23.6. The van der Waals surface area contributed by atoms with E-state index in [1.54, 1.807) is 0 Å². The van der Waals surface area contributed by atoms with Gasteiger partial charge in [-0.25, -0.2) is 9.13 Å². The van der Waals surface area contributed by atoms with E-state index in [0.29, 0.717) is 38.5 Å². The zero-order chi connectivity index (χ0) is 77.4. The van der Waals surface area contributed by atoms with Gasteiger partial charge in [0.05, 0.1) is 26.4 Å². The number of ether oxygens (including phenoxy) is 4. The van der Waals surface area contributed by atoms with Crippen molar-refractivity contribution < 1.29 is 80.2 Å². The van der Waals surface area contributed by atoms with E-state index in [4.69, 9.17) is 37.0 Å². The van der Waals surface area contributed by atoms with Gasteiger partial charge in [-0.2, -0.15) is 0 Å². The van der Waals surface area contributed by atoms with Crippen LogP contribution in [0.25, 0.3) is 0 Å². The summed E-state index contributed by atoms with van der Waals surface area (Å²) in [5.41, 5.74) is 0. The molecule has 0 fully saturated rings. The first-order chi connectivity index (χ1) is 51.7. The van der Waals surface area contributed by atoms with E-state index in [-0.39, 0.29) is 25.7 Å². The summed E-state index contributed by atoms with van der Waals surface area (Å²) in [6.07, 6.45) is 93.3. The molecule has 3 N–H and O–H groups in total. The van der Waals surface area contributed by atoms with E-state index in [1.807, 2.05) is 36.5 Å². The van der Waals surface area contributed by atoms with Crippen molar-refractivity contribution in [1.29, 1.82) is 0 Å². The van der Waals surface area contributed by atoms with E-state index in [0.717, 1.165) is 141 Å². The fraction of sp³-hybridized carbons (Fsp3) is 0.609. The highest BCUT2D eigenvalue weighted by molar-refractivity contribution is 7.47. The Kier molecular flexibility index (Phi) is 73.1. The summed E-state index contributed by atoms with van der Waals surface area (Å²) < 4.78 is 68.4. The van der Waals surface area contributed by atoms with Gasteiger partial charge < -0.3 is 33.8 Å². The largest absolute Gasteiger partial charge is 0.472 e. The van der Waals surface area contributed by atoms with E-state index < -0.39 is 97.5 Å². The summed E-state index contributed by atoms with van der Waals surface area (Å²) in [7, 11) is -10.0. The fourth-order valence-electron chi connectivity index (χ4n) is 9.93. The van der Waals surface area contributed by atoms with Crippen LogP contribution in [0.5, 0.6) is 0 Å². The monoisotopic (exact) mass is 1520 g/mol. The first-order valence-corrected chi connectivity index (χ1v) is 43.0. The molecule has 0 aromatic rings. The Balaban J connectivity index is 5.50. The van der Waals surface area contributed by atoms with E-state index in [2.05, 4.69) is 174 Å². The third-order valence-corrected chi connectivity index (χ3v) is 17.8. The zero-order valence-electron chi connectivity index (χ0n) is 65.5. The number of phosphoric acid groups is 2. The number of unbranched alkanes of at least 4 members (excludes halogenated alkanes) is 17. The molecule has 0 spiro atoms. The topological polar surface area (TPSA) is 237 Å². The van der Waals surface area contributed by atoms with Crippen LogP contribution in [0.3, 0.4) is 0 Å². The predicted molar refractivity (Wildman–Crippen MR) is 436 cm³/mol. The van der Waals surface area contributed by atoms with Crippen molar-refractivity contribution in [2.75, 3.05) is 39.6 Å². The average molecular weight is 1520 g/mol. The maximum absolute atomic E-state index is 13.1. The maximum atomic E-state index is 13.1. The van der Waals surface area contributed by atoms with Crippen LogP contribution in [0.15, 0.2) is 182 Å². The SMILES string of the molecule is CC/C=C\C/C=C\C/C=C\C/C=C\C/C=C\C/C=C\CCC(=O)OCC(COP(=O)(O)OCC(O)COP(=O)(O)OCC(COC(=O)CC/C=C\C/C=C\C/C=C\C/C=C\C/C=C\C/C=C\CC)OC(=O)CCCCCCCCCCCCCCC)OC(=O)CCCCCCC/C=C\C/C=C\C/C=C\CC. The van der Waals surface area contributed by atoms with Gasteiger partial charge in [0.15, 0.2) is 12.2 Å². The molecule has 0 saturated heterocycles. The molecule has 106 heavy (non-hydrogen) atoms. The summed E-state index contributed by atoms with van der Waals surface area (Å²) in [6.45, 7) is 4.33. The van der Waals surface area contributed by atoms with E-state index >= 15 is 0 Å². The van der Waals surface area contributed by atoms with Crippen LogP contribution in [0.1, 0.15) is 285 Å². The molecule has 0 bridgehead atoms. The molecule has 5 atom stereocenters. The molecule has 600 valence electrons. The minimum atomic E-state index is -5.01. The Hall–Kier alpha value is -5.84. The zero-order valence-corrected chi connectivity index (χ0v) is 67.3. The number of aliphatic hydroxyl groups excluding tert-OH is 1. The van der Waals surface area contributed by atoms with Crippen LogP contribution in [0, 0.1) is 0 Å². The molecular weight excluding hydrogens is 1380 g/mol. The molecule has 5 unspecified atom stereocenters. The lowest BCUT2D eigenvalue weighted by Crippen LogP contribution is -2.30. The van der Waals surface area contributed by atoms with Gasteiger partial charge in [0.25, 0.3) is 0 Å². The van der Waals surface area contributed by atoms with Crippen LogP contribution in [-0.2, 0) is 65.4 Å². The number of aliphatic hydroxyl groups is 1. The van der Waals surface area contributed by atoms with Crippen LogP contribution in [0.4, 0.5) is 0 Å². The smallest absolute Gasteiger partial charge is 0.462 e. The third kappa shape index (κ3) is 76.4. The molecule has 17 nitrogen and oxygen atoms in total. The number of hydrogen-bond acceptors (Lipinski definition) is 15. The minimum Gasteiger partial charge on any atom is -0.462 e. The lowest BCUT2D eigenvalue weighted by atomic mass is 10.0. The highest BCUT2D eigenvalue weighted by Gasteiger charge is 2.30. The van der Waals surface area contributed by atoms with Gasteiger partial charge in [0, 0.05) is 25.7 Å². The minimum absolute atomic E-state index is 0.0245. The molecule has 0 aromatic heterocycles. The molecule has 0 heterocycles. The molecule has 0 saturated carbocycles. The Labute approximate surface area is 641 Å². The number of carbonyl (C=O) groups excluding carboxylic acids is 4. The van der Waals surface area contributed by atoms with Crippen LogP contribution >= 0.6 is 15.6 Å². The summed E-state index contributed by atoms with van der Waals surface area (Å²) >= 11 is 0. The molecule has 0 rings (SSSR count). The van der Waals surface area contributed by atoms with Crippen molar-refractivity contribution in [1.82, 2.24) is 0 Å². The van der Waals surface area contributed by atoms with Crippen LogP contribution < -0.4 is 0 Å². The van der Waals surface area contributed by atoms with Crippen molar-refractivity contribution in [3.05, 3.63) is 182 Å². The first kappa shape index (κ1) is 100. The van der Waals surface area contributed by atoms with Gasteiger partial charge in [-0.1, -0.05) is 306 Å². The Morgan fingerprint density at radius 3 is 0.792 bits per heavy atom. The molecule has 0 radical (unpaired) electrons. The summed E-state index contributed by atoms with van der Waals surface area (Å²) in [5.74, 6) is -2.40. The fourth-order valence-corrected chi connectivity index (χ4v) is 11.5. The molecular formula is C87H140O17P2. The molecule has 0 amide bonds. The van der Waals surface area contributed by atoms with Crippen molar-refractivity contribution in [2.45, 2.75) is 303 Å². The number of allylic oxidation sites excluding steroid dienone is 30. The van der Waals surface area contributed by atoms with Gasteiger partial charge in [-0.15, -0.1) is 0 Å². The summed E-state index contributed by atoms with van der Waals surface area (Å²) in [4.78, 5) is 73.0. The van der Waals surface area contributed by atoms with Crippen molar-refractivity contribution >= 4 is 39.5 Å². The number of carbonyl (C=O) groups is 4. The second-order valence-electron chi connectivity index (χ2n) is 25.9. The van der Waals surface area contributed by atoms with Gasteiger partial charge in [-0.3, -0.25) is 37.3 Å². The normalized spacial score (nSPS) is 14.8. The molecule has 0 aromatic carbocycles. The third-order valence-electron chi connectivity index (χ3n) is 15.9. The number of esters is 4. The first-order valence-electron chi connectivity index (χ1n) is 40.0. The molecule has 19 heteroatoms. The second kappa shape index (κ2) is 77.3. The summed E-state index contributed by atoms with van der Waals surface area (Å²) in [6, 6.07) is 0. The van der Waals surface area contributed by atoms with Crippen molar-refractivity contribution in [3.8, 4) is 0 Å². The number of rotatable bonds is 73. The van der Waals surface area contributed by atoms with E-state index in [9.17, 15) is 43.2 Å². The lowest BCUT2D eigenvalue weighted by molar-refractivity contribution is -0.161.